The molecule has 0 atom stereocenters. The summed E-state index contributed by atoms with van der Waals surface area (Å²) in [5.41, 5.74) is 2.40. The third kappa shape index (κ3) is 3.64. The first-order valence-electron chi connectivity index (χ1n) is 5.69. The number of hydrogen-bond acceptors (Lipinski definition) is 4. The number of halogens is 3. The van der Waals surface area contributed by atoms with Crippen LogP contribution in [-0.2, 0) is 6.18 Å². The number of nitrogen functional groups attached to an aromatic ring is 1. The summed E-state index contributed by atoms with van der Waals surface area (Å²) < 4.78 is 38.3. The van der Waals surface area contributed by atoms with Crippen molar-refractivity contribution in [3.05, 3.63) is 47.5 Å². The maximum absolute atomic E-state index is 12.8. The van der Waals surface area contributed by atoms with E-state index in [0.717, 1.165) is 34.4 Å². The largest absolute Gasteiger partial charge is 0.416 e. The van der Waals surface area contributed by atoms with E-state index in [1.54, 1.807) is 0 Å². The van der Waals surface area contributed by atoms with Crippen molar-refractivity contribution in [2.75, 3.05) is 5.43 Å². The van der Waals surface area contributed by atoms with E-state index in [4.69, 9.17) is 5.84 Å². The molecule has 106 valence electrons. The normalized spacial score (nSPS) is 11.4. The quantitative estimate of drug-likeness (QED) is 0.668. The van der Waals surface area contributed by atoms with Crippen LogP contribution in [0.4, 0.5) is 19.0 Å². The zero-order chi connectivity index (χ0) is 14.8. The van der Waals surface area contributed by atoms with Crippen LogP contribution < -0.4 is 11.3 Å². The summed E-state index contributed by atoms with van der Waals surface area (Å²) in [6, 6.07) is 9.33. The van der Waals surface area contributed by atoms with E-state index < -0.39 is 11.7 Å². The van der Waals surface area contributed by atoms with Crippen LogP contribution in [0.15, 0.2) is 46.3 Å². The van der Waals surface area contributed by atoms with E-state index >= 15 is 0 Å². The molecule has 2 aromatic rings. The maximum atomic E-state index is 12.8. The number of pyridine rings is 1. The molecule has 0 aliphatic rings. The minimum atomic E-state index is -4.43. The SMILES string of the molecule is Cc1cccc(Sc2cc(C(F)(F)F)cc(NN)n2)c1. The molecule has 0 spiro atoms. The predicted octanol–water partition coefficient (Wildman–Crippen LogP) is 3.85. The minimum absolute atomic E-state index is 0.0185. The fraction of sp³-hybridized carbons (Fsp3) is 0.154. The van der Waals surface area contributed by atoms with Gasteiger partial charge in [0.2, 0.25) is 0 Å². The van der Waals surface area contributed by atoms with Gasteiger partial charge >= 0.3 is 6.18 Å². The van der Waals surface area contributed by atoms with Crippen LogP contribution in [0.25, 0.3) is 0 Å². The topological polar surface area (TPSA) is 50.9 Å². The van der Waals surface area contributed by atoms with E-state index in [0.29, 0.717) is 0 Å². The molecule has 0 radical (unpaired) electrons. The zero-order valence-corrected chi connectivity index (χ0v) is 11.3. The van der Waals surface area contributed by atoms with Gasteiger partial charge in [-0.05, 0) is 31.2 Å². The standard InChI is InChI=1S/C13H12F3N3S/c1-8-3-2-4-10(5-8)20-12-7-9(13(14,15)16)6-11(18-12)19-17/h2-7H,17H2,1H3,(H,18,19). The number of anilines is 1. The summed E-state index contributed by atoms with van der Waals surface area (Å²) in [5, 5.41) is 0.235. The summed E-state index contributed by atoms with van der Waals surface area (Å²) >= 11 is 1.15. The highest BCUT2D eigenvalue weighted by molar-refractivity contribution is 7.99. The molecule has 20 heavy (non-hydrogen) atoms. The lowest BCUT2D eigenvalue weighted by Gasteiger charge is -2.11. The first-order valence-corrected chi connectivity index (χ1v) is 6.50. The summed E-state index contributed by atoms with van der Waals surface area (Å²) in [4.78, 5) is 4.84. The van der Waals surface area contributed by atoms with Crippen LogP contribution in [-0.4, -0.2) is 4.98 Å². The van der Waals surface area contributed by atoms with Crippen molar-refractivity contribution in [2.24, 2.45) is 5.84 Å². The molecule has 1 aromatic heterocycles. The first-order chi connectivity index (χ1) is 9.38. The van der Waals surface area contributed by atoms with Gasteiger partial charge in [0.25, 0.3) is 0 Å². The third-order valence-corrected chi connectivity index (χ3v) is 3.40. The van der Waals surface area contributed by atoms with Crippen LogP contribution >= 0.6 is 11.8 Å². The molecule has 1 heterocycles. The summed E-state index contributed by atoms with van der Waals surface area (Å²) in [6.45, 7) is 1.91. The zero-order valence-electron chi connectivity index (χ0n) is 10.5. The van der Waals surface area contributed by atoms with E-state index in [1.165, 1.54) is 0 Å². The van der Waals surface area contributed by atoms with Crippen LogP contribution in [0.5, 0.6) is 0 Å². The second-order valence-corrected chi connectivity index (χ2v) is 5.23. The van der Waals surface area contributed by atoms with Crippen molar-refractivity contribution in [2.45, 2.75) is 23.0 Å². The van der Waals surface area contributed by atoms with E-state index in [-0.39, 0.29) is 10.8 Å². The highest BCUT2D eigenvalue weighted by Crippen LogP contribution is 2.35. The van der Waals surface area contributed by atoms with Crippen molar-refractivity contribution < 1.29 is 13.2 Å². The van der Waals surface area contributed by atoms with E-state index in [9.17, 15) is 13.2 Å². The average molecular weight is 299 g/mol. The van der Waals surface area contributed by atoms with Crippen molar-refractivity contribution in [1.82, 2.24) is 4.98 Å². The van der Waals surface area contributed by atoms with Crippen LogP contribution in [0, 0.1) is 6.92 Å². The number of aromatic nitrogens is 1. The molecule has 0 fully saturated rings. The minimum Gasteiger partial charge on any atom is -0.308 e. The number of rotatable bonds is 3. The van der Waals surface area contributed by atoms with Gasteiger partial charge in [-0.25, -0.2) is 10.8 Å². The fourth-order valence-electron chi connectivity index (χ4n) is 1.59. The molecule has 0 aliphatic carbocycles. The van der Waals surface area contributed by atoms with Gasteiger partial charge in [-0.3, -0.25) is 0 Å². The Bertz CT molecular complexity index is 614. The van der Waals surface area contributed by atoms with Gasteiger partial charge in [0.05, 0.1) is 5.56 Å². The Labute approximate surface area is 118 Å². The molecule has 0 bridgehead atoms. The number of nitrogens with zero attached hydrogens (tertiary/aromatic N) is 1. The lowest BCUT2D eigenvalue weighted by Crippen LogP contribution is -2.12. The summed E-state index contributed by atoms with van der Waals surface area (Å²) in [6.07, 6.45) is -4.43. The van der Waals surface area contributed by atoms with Crippen molar-refractivity contribution >= 4 is 17.6 Å². The Hall–Kier alpha value is -1.73. The molecule has 3 nitrogen and oxygen atoms in total. The van der Waals surface area contributed by atoms with E-state index in [1.807, 2.05) is 31.2 Å². The van der Waals surface area contributed by atoms with Crippen LogP contribution in [0.3, 0.4) is 0 Å². The fourth-order valence-corrected chi connectivity index (χ4v) is 2.56. The second kappa shape index (κ2) is 5.72. The number of alkyl halides is 3. The highest BCUT2D eigenvalue weighted by Gasteiger charge is 2.31. The molecule has 3 N–H and O–H groups in total. The number of nitrogens with two attached hydrogens (primary N) is 1. The Morgan fingerprint density at radius 3 is 2.55 bits per heavy atom. The Kier molecular flexibility index (Phi) is 4.20. The highest BCUT2D eigenvalue weighted by atomic mass is 32.2. The molecule has 0 saturated carbocycles. The summed E-state index contributed by atoms with van der Waals surface area (Å²) in [5.74, 6) is 5.14. The van der Waals surface area contributed by atoms with Crippen molar-refractivity contribution in [3.8, 4) is 0 Å². The molecule has 7 heteroatoms. The Morgan fingerprint density at radius 2 is 1.95 bits per heavy atom. The van der Waals surface area contributed by atoms with Gasteiger partial charge in [0.1, 0.15) is 10.8 Å². The lowest BCUT2D eigenvalue weighted by molar-refractivity contribution is -0.137. The molecule has 0 aliphatic heterocycles. The maximum Gasteiger partial charge on any atom is 0.416 e. The number of benzene rings is 1. The molecule has 0 unspecified atom stereocenters. The summed E-state index contributed by atoms with van der Waals surface area (Å²) in [7, 11) is 0. The molecular weight excluding hydrogens is 287 g/mol. The van der Waals surface area contributed by atoms with Gasteiger partial charge in [0, 0.05) is 4.90 Å². The molecule has 2 rings (SSSR count). The third-order valence-electron chi connectivity index (χ3n) is 2.49. The van der Waals surface area contributed by atoms with Gasteiger partial charge in [-0.15, -0.1) is 0 Å². The Balaban J connectivity index is 2.36. The molecule has 0 saturated heterocycles. The molecule has 1 aromatic carbocycles. The Morgan fingerprint density at radius 1 is 1.20 bits per heavy atom. The lowest BCUT2D eigenvalue weighted by atomic mass is 10.2. The molecular formula is C13H12F3N3S. The first kappa shape index (κ1) is 14.7. The van der Waals surface area contributed by atoms with Gasteiger partial charge < -0.3 is 5.43 Å². The number of hydrogen-bond donors (Lipinski definition) is 2. The number of aryl methyl sites for hydroxylation is 1. The molecule has 0 amide bonds. The van der Waals surface area contributed by atoms with Crippen LogP contribution in [0.2, 0.25) is 0 Å². The van der Waals surface area contributed by atoms with Gasteiger partial charge in [-0.2, -0.15) is 13.2 Å². The predicted molar refractivity (Wildman–Crippen MR) is 72.4 cm³/mol. The monoisotopic (exact) mass is 299 g/mol. The average Bonchev–Trinajstić information content (AvgIpc) is 2.37. The number of hydrazine groups is 1. The smallest absolute Gasteiger partial charge is 0.308 e. The van der Waals surface area contributed by atoms with Crippen molar-refractivity contribution in [1.29, 1.82) is 0 Å². The van der Waals surface area contributed by atoms with Crippen molar-refractivity contribution in [3.63, 3.8) is 0 Å². The van der Waals surface area contributed by atoms with Gasteiger partial charge in [0.15, 0.2) is 0 Å². The second-order valence-electron chi connectivity index (χ2n) is 4.14. The van der Waals surface area contributed by atoms with Crippen LogP contribution in [0.1, 0.15) is 11.1 Å². The number of nitrogens with one attached hydrogen (secondary N) is 1. The van der Waals surface area contributed by atoms with Gasteiger partial charge in [-0.1, -0.05) is 29.5 Å². The van der Waals surface area contributed by atoms with E-state index in [2.05, 4.69) is 10.4 Å².